The van der Waals surface area contributed by atoms with Gasteiger partial charge in [0, 0.05) is 13.1 Å². The van der Waals surface area contributed by atoms with Gasteiger partial charge in [0.1, 0.15) is 0 Å². The molecular weight excluding hydrogens is 238 g/mol. The first-order valence-electron chi connectivity index (χ1n) is 7.87. The number of likely N-dealkylation sites (tertiary alicyclic amines) is 1. The molecule has 0 aromatic heterocycles. The van der Waals surface area contributed by atoms with Crippen LogP contribution in [0.2, 0.25) is 0 Å². The molecule has 4 nitrogen and oxygen atoms in total. The molecule has 1 heterocycles. The second-order valence-corrected chi connectivity index (χ2v) is 5.47. The van der Waals surface area contributed by atoms with Crippen molar-refractivity contribution in [3.8, 4) is 0 Å². The van der Waals surface area contributed by atoms with E-state index in [1.807, 2.05) is 4.90 Å². The van der Waals surface area contributed by atoms with Crippen molar-refractivity contribution >= 4 is 5.91 Å². The zero-order chi connectivity index (χ0) is 14.3. The summed E-state index contributed by atoms with van der Waals surface area (Å²) in [6, 6.07) is 0.0417. The van der Waals surface area contributed by atoms with Gasteiger partial charge in [-0.3, -0.25) is 9.69 Å². The maximum atomic E-state index is 12.3. The summed E-state index contributed by atoms with van der Waals surface area (Å²) in [7, 11) is 0. The molecule has 1 amide bonds. The van der Waals surface area contributed by atoms with E-state index in [-0.39, 0.29) is 11.9 Å². The molecule has 1 aliphatic rings. The lowest BCUT2D eigenvalue weighted by Crippen LogP contribution is -2.50. The smallest absolute Gasteiger partial charge is 0.239 e. The van der Waals surface area contributed by atoms with Crippen LogP contribution in [-0.4, -0.2) is 61.0 Å². The standard InChI is InChI=1S/C15H31N3O/c1-5-16-12-14-8-10-18(11-9-14)13(4)15(19)17(6-2)7-3/h13-14,16H,5-12H2,1-4H3. The number of amides is 1. The van der Waals surface area contributed by atoms with Crippen LogP contribution < -0.4 is 5.32 Å². The minimum atomic E-state index is 0.0417. The lowest BCUT2D eigenvalue weighted by atomic mass is 9.95. The molecule has 1 unspecified atom stereocenters. The SMILES string of the molecule is CCNCC1CCN(C(C)C(=O)N(CC)CC)CC1. The van der Waals surface area contributed by atoms with Crippen LogP contribution >= 0.6 is 0 Å². The van der Waals surface area contributed by atoms with Gasteiger partial charge in [-0.05, 0) is 65.7 Å². The van der Waals surface area contributed by atoms with Gasteiger partial charge in [0.15, 0.2) is 0 Å². The van der Waals surface area contributed by atoms with Gasteiger partial charge in [-0.25, -0.2) is 0 Å². The number of carbonyl (C=O) groups is 1. The second kappa shape index (κ2) is 8.54. The van der Waals surface area contributed by atoms with E-state index in [0.717, 1.165) is 45.2 Å². The largest absolute Gasteiger partial charge is 0.342 e. The van der Waals surface area contributed by atoms with Crippen molar-refractivity contribution in [3.63, 3.8) is 0 Å². The predicted octanol–water partition coefficient (Wildman–Crippen LogP) is 1.56. The molecular formula is C15H31N3O. The minimum Gasteiger partial charge on any atom is -0.342 e. The van der Waals surface area contributed by atoms with Crippen LogP contribution in [0.25, 0.3) is 0 Å². The van der Waals surface area contributed by atoms with Gasteiger partial charge in [-0.1, -0.05) is 6.92 Å². The summed E-state index contributed by atoms with van der Waals surface area (Å²) < 4.78 is 0. The molecule has 0 aromatic rings. The minimum absolute atomic E-state index is 0.0417. The van der Waals surface area contributed by atoms with E-state index < -0.39 is 0 Å². The fraction of sp³-hybridized carbons (Fsp3) is 0.933. The average molecular weight is 269 g/mol. The molecule has 112 valence electrons. The Morgan fingerprint density at radius 2 is 1.84 bits per heavy atom. The van der Waals surface area contributed by atoms with E-state index in [9.17, 15) is 4.79 Å². The van der Waals surface area contributed by atoms with Gasteiger partial charge >= 0.3 is 0 Å². The van der Waals surface area contributed by atoms with Gasteiger partial charge in [0.2, 0.25) is 5.91 Å². The second-order valence-electron chi connectivity index (χ2n) is 5.47. The van der Waals surface area contributed by atoms with Crippen LogP contribution in [0.4, 0.5) is 0 Å². The van der Waals surface area contributed by atoms with Crippen molar-refractivity contribution in [1.82, 2.24) is 15.1 Å². The third kappa shape index (κ3) is 4.77. The Morgan fingerprint density at radius 3 is 2.32 bits per heavy atom. The normalized spacial score (nSPS) is 19.4. The third-order valence-electron chi connectivity index (χ3n) is 4.31. The Morgan fingerprint density at radius 1 is 1.26 bits per heavy atom. The highest BCUT2D eigenvalue weighted by molar-refractivity contribution is 5.81. The van der Waals surface area contributed by atoms with Crippen molar-refractivity contribution < 1.29 is 4.79 Å². The molecule has 0 bridgehead atoms. The van der Waals surface area contributed by atoms with Crippen LogP contribution in [-0.2, 0) is 4.79 Å². The average Bonchev–Trinajstić information content (AvgIpc) is 2.46. The van der Waals surface area contributed by atoms with Crippen molar-refractivity contribution in [1.29, 1.82) is 0 Å². The molecule has 1 atom stereocenters. The fourth-order valence-corrected chi connectivity index (χ4v) is 2.85. The Bertz CT molecular complexity index is 258. The van der Waals surface area contributed by atoms with Gasteiger partial charge in [-0.2, -0.15) is 0 Å². The van der Waals surface area contributed by atoms with Gasteiger partial charge in [0.25, 0.3) is 0 Å². The molecule has 1 saturated heterocycles. The maximum absolute atomic E-state index is 12.3. The van der Waals surface area contributed by atoms with Crippen LogP contribution in [0.5, 0.6) is 0 Å². The van der Waals surface area contributed by atoms with E-state index in [4.69, 9.17) is 0 Å². The Hall–Kier alpha value is -0.610. The van der Waals surface area contributed by atoms with Gasteiger partial charge in [-0.15, -0.1) is 0 Å². The number of rotatable bonds is 7. The molecule has 0 aliphatic carbocycles. The monoisotopic (exact) mass is 269 g/mol. The summed E-state index contributed by atoms with van der Waals surface area (Å²) in [4.78, 5) is 16.6. The topological polar surface area (TPSA) is 35.6 Å². The summed E-state index contributed by atoms with van der Waals surface area (Å²) in [6.45, 7) is 14.3. The van der Waals surface area contributed by atoms with Crippen LogP contribution in [0.3, 0.4) is 0 Å². The summed E-state index contributed by atoms with van der Waals surface area (Å²) >= 11 is 0. The molecule has 1 fully saturated rings. The first-order valence-corrected chi connectivity index (χ1v) is 7.87. The molecule has 1 N–H and O–H groups in total. The van der Waals surface area contributed by atoms with Crippen molar-refractivity contribution in [3.05, 3.63) is 0 Å². The zero-order valence-electron chi connectivity index (χ0n) is 13.1. The van der Waals surface area contributed by atoms with Crippen LogP contribution in [0, 0.1) is 5.92 Å². The van der Waals surface area contributed by atoms with Crippen molar-refractivity contribution in [2.24, 2.45) is 5.92 Å². The summed E-state index contributed by atoms with van der Waals surface area (Å²) in [5.41, 5.74) is 0. The van der Waals surface area contributed by atoms with Crippen molar-refractivity contribution in [2.45, 2.75) is 46.6 Å². The Kier molecular flexibility index (Phi) is 7.39. The third-order valence-corrected chi connectivity index (χ3v) is 4.31. The molecule has 1 aliphatic heterocycles. The van der Waals surface area contributed by atoms with E-state index in [1.54, 1.807) is 0 Å². The number of nitrogens with zero attached hydrogens (tertiary/aromatic N) is 2. The van der Waals surface area contributed by atoms with Crippen LogP contribution in [0.1, 0.15) is 40.5 Å². The zero-order valence-corrected chi connectivity index (χ0v) is 13.1. The Balaban J connectivity index is 2.39. The molecule has 4 heteroatoms. The van der Waals surface area contributed by atoms with Crippen molar-refractivity contribution in [2.75, 3.05) is 39.3 Å². The Labute approximate surface area is 118 Å². The predicted molar refractivity (Wildman–Crippen MR) is 80.2 cm³/mol. The molecule has 1 rings (SSSR count). The molecule has 0 aromatic carbocycles. The summed E-state index contributed by atoms with van der Waals surface area (Å²) in [5, 5.41) is 3.43. The lowest BCUT2D eigenvalue weighted by Gasteiger charge is -2.37. The number of hydrogen-bond acceptors (Lipinski definition) is 3. The molecule has 0 spiro atoms. The van der Waals surface area contributed by atoms with E-state index >= 15 is 0 Å². The lowest BCUT2D eigenvalue weighted by molar-refractivity contribution is -0.136. The molecule has 19 heavy (non-hydrogen) atoms. The van der Waals surface area contributed by atoms with E-state index in [0.29, 0.717) is 0 Å². The molecule has 0 saturated carbocycles. The quantitative estimate of drug-likeness (QED) is 0.762. The van der Waals surface area contributed by atoms with E-state index in [1.165, 1.54) is 12.8 Å². The molecule has 0 radical (unpaired) electrons. The highest BCUT2D eigenvalue weighted by Gasteiger charge is 2.28. The van der Waals surface area contributed by atoms with Crippen LogP contribution in [0.15, 0.2) is 0 Å². The van der Waals surface area contributed by atoms with E-state index in [2.05, 4.69) is 37.9 Å². The number of nitrogens with one attached hydrogen (secondary N) is 1. The highest BCUT2D eigenvalue weighted by Crippen LogP contribution is 2.19. The first kappa shape index (κ1) is 16.4. The fourth-order valence-electron chi connectivity index (χ4n) is 2.85. The summed E-state index contributed by atoms with van der Waals surface area (Å²) in [6.07, 6.45) is 2.42. The van der Waals surface area contributed by atoms with Gasteiger partial charge in [0.05, 0.1) is 6.04 Å². The number of piperidine rings is 1. The number of carbonyl (C=O) groups excluding carboxylic acids is 1. The summed E-state index contributed by atoms with van der Waals surface area (Å²) in [5.74, 6) is 1.07. The maximum Gasteiger partial charge on any atom is 0.239 e. The number of likely N-dealkylation sites (N-methyl/N-ethyl adjacent to an activating group) is 1. The number of hydrogen-bond donors (Lipinski definition) is 1. The first-order chi connectivity index (χ1) is 9.13. The highest BCUT2D eigenvalue weighted by atomic mass is 16.2. The van der Waals surface area contributed by atoms with Gasteiger partial charge < -0.3 is 10.2 Å².